The highest BCUT2D eigenvalue weighted by Crippen LogP contribution is 2.24. The van der Waals surface area contributed by atoms with Crippen molar-refractivity contribution in [3.8, 4) is 5.75 Å². The summed E-state index contributed by atoms with van der Waals surface area (Å²) in [5.41, 5.74) is 2.50. The molecule has 2 fully saturated rings. The van der Waals surface area contributed by atoms with Gasteiger partial charge in [0, 0.05) is 39.4 Å². The lowest BCUT2D eigenvalue weighted by Crippen LogP contribution is -2.50. The average molecular weight is 344 g/mol. The van der Waals surface area contributed by atoms with Gasteiger partial charge in [0.15, 0.2) is 0 Å². The Balaban J connectivity index is 1.53. The summed E-state index contributed by atoms with van der Waals surface area (Å²) >= 11 is 0. The number of hydrogen-bond donors (Lipinski definition) is 0. The number of benzene rings is 1. The molecule has 0 N–H and O–H groups in total. The summed E-state index contributed by atoms with van der Waals surface area (Å²) in [6.07, 6.45) is 3.54. The van der Waals surface area contributed by atoms with Crippen LogP contribution in [0.3, 0.4) is 0 Å². The van der Waals surface area contributed by atoms with E-state index in [9.17, 15) is 9.59 Å². The zero-order valence-corrected chi connectivity index (χ0v) is 15.5. The van der Waals surface area contributed by atoms with Gasteiger partial charge in [-0.25, -0.2) is 0 Å². The molecule has 25 heavy (non-hydrogen) atoms. The maximum Gasteiger partial charge on any atom is 0.245 e. The highest BCUT2D eigenvalue weighted by molar-refractivity contribution is 5.87. The molecule has 1 aromatic rings. The van der Waals surface area contributed by atoms with E-state index in [1.807, 2.05) is 11.0 Å². The molecule has 0 spiro atoms. The minimum atomic E-state index is -0.255. The normalized spacial score (nSPS) is 21.5. The molecule has 2 heterocycles. The molecule has 0 unspecified atom stereocenters. The van der Waals surface area contributed by atoms with Crippen molar-refractivity contribution in [2.45, 2.75) is 58.6 Å². The van der Waals surface area contributed by atoms with Gasteiger partial charge in [-0.3, -0.25) is 9.59 Å². The number of rotatable bonds is 3. The van der Waals surface area contributed by atoms with E-state index in [0.717, 1.165) is 31.4 Å². The zero-order chi connectivity index (χ0) is 18.0. The number of nitrogens with zero attached hydrogens (tertiary/aromatic N) is 2. The molecule has 2 amide bonds. The number of likely N-dealkylation sites (tertiary alicyclic amines) is 2. The van der Waals surface area contributed by atoms with Crippen molar-refractivity contribution < 1.29 is 14.3 Å². The van der Waals surface area contributed by atoms with Crippen molar-refractivity contribution in [3.05, 3.63) is 29.3 Å². The largest absolute Gasteiger partial charge is 0.490 e. The maximum absolute atomic E-state index is 12.8. The lowest BCUT2D eigenvalue weighted by molar-refractivity contribution is -0.144. The minimum absolute atomic E-state index is 0.00353. The lowest BCUT2D eigenvalue weighted by atomic mass is 10.1. The SMILES string of the molecule is CC(=O)N1CCC[C@@H]1C(=O)N1CCC(Oc2ccc(C)c(C)c2)CC1. The monoisotopic (exact) mass is 344 g/mol. The smallest absolute Gasteiger partial charge is 0.245 e. The predicted octanol–water partition coefficient (Wildman–Crippen LogP) is 2.68. The molecule has 5 nitrogen and oxygen atoms in total. The third-order valence-electron chi connectivity index (χ3n) is 5.48. The highest BCUT2D eigenvalue weighted by atomic mass is 16.5. The van der Waals surface area contributed by atoms with E-state index < -0.39 is 0 Å². The van der Waals surface area contributed by atoms with Crippen LogP contribution < -0.4 is 4.74 Å². The number of ether oxygens (including phenoxy) is 1. The summed E-state index contributed by atoms with van der Waals surface area (Å²) in [5, 5.41) is 0. The van der Waals surface area contributed by atoms with E-state index in [4.69, 9.17) is 4.74 Å². The Hall–Kier alpha value is -2.04. The van der Waals surface area contributed by atoms with Crippen LogP contribution in [0.5, 0.6) is 5.75 Å². The van der Waals surface area contributed by atoms with E-state index in [1.54, 1.807) is 11.8 Å². The molecule has 0 aromatic heterocycles. The maximum atomic E-state index is 12.8. The topological polar surface area (TPSA) is 49.9 Å². The predicted molar refractivity (Wildman–Crippen MR) is 96.6 cm³/mol. The Morgan fingerprint density at radius 1 is 1.04 bits per heavy atom. The van der Waals surface area contributed by atoms with Gasteiger partial charge in [-0.2, -0.15) is 0 Å². The van der Waals surface area contributed by atoms with Crippen LogP contribution in [0.25, 0.3) is 0 Å². The molecule has 2 aliphatic heterocycles. The second-order valence-electron chi connectivity index (χ2n) is 7.26. The van der Waals surface area contributed by atoms with Gasteiger partial charge in [-0.1, -0.05) is 6.07 Å². The first-order valence-corrected chi connectivity index (χ1v) is 9.25. The molecular weight excluding hydrogens is 316 g/mol. The van der Waals surface area contributed by atoms with Crippen LogP contribution in [0.4, 0.5) is 0 Å². The van der Waals surface area contributed by atoms with E-state index in [1.165, 1.54) is 11.1 Å². The molecule has 5 heteroatoms. The van der Waals surface area contributed by atoms with Gasteiger partial charge in [0.25, 0.3) is 0 Å². The quantitative estimate of drug-likeness (QED) is 0.847. The van der Waals surface area contributed by atoms with Gasteiger partial charge in [0.05, 0.1) is 0 Å². The Morgan fingerprint density at radius 3 is 2.40 bits per heavy atom. The summed E-state index contributed by atoms with van der Waals surface area (Å²) in [5.74, 6) is 1.02. The van der Waals surface area contributed by atoms with Crippen molar-refractivity contribution in [1.29, 1.82) is 0 Å². The molecule has 136 valence electrons. The third-order valence-corrected chi connectivity index (χ3v) is 5.48. The third kappa shape index (κ3) is 3.97. The fourth-order valence-electron chi connectivity index (χ4n) is 3.78. The summed E-state index contributed by atoms with van der Waals surface area (Å²) in [6.45, 7) is 7.85. The number of carbonyl (C=O) groups is 2. The Kier molecular flexibility index (Phi) is 5.30. The van der Waals surface area contributed by atoms with E-state index >= 15 is 0 Å². The van der Waals surface area contributed by atoms with Crippen molar-refractivity contribution in [2.75, 3.05) is 19.6 Å². The first kappa shape index (κ1) is 17.8. The van der Waals surface area contributed by atoms with Crippen LogP contribution in [0, 0.1) is 13.8 Å². The summed E-state index contributed by atoms with van der Waals surface area (Å²) in [6, 6.07) is 5.92. The lowest BCUT2D eigenvalue weighted by Gasteiger charge is -2.35. The first-order valence-electron chi connectivity index (χ1n) is 9.25. The van der Waals surface area contributed by atoms with Crippen LogP contribution in [0.1, 0.15) is 43.7 Å². The van der Waals surface area contributed by atoms with Crippen molar-refractivity contribution in [3.63, 3.8) is 0 Å². The zero-order valence-electron chi connectivity index (χ0n) is 15.5. The number of carbonyl (C=O) groups excluding carboxylic acids is 2. The molecule has 0 radical (unpaired) electrons. The Morgan fingerprint density at radius 2 is 1.76 bits per heavy atom. The Bertz CT molecular complexity index is 650. The number of piperidine rings is 1. The Labute approximate surface area is 149 Å². The minimum Gasteiger partial charge on any atom is -0.490 e. The number of amides is 2. The molecule has 0 saturated carbocycles. The van der Waals surface area contributed by atoms with Crippen LogP contribution in [-0.2, 0) is 9.59 Å². The van der Waals surface area contributed by atoms with Crippen molar-refractivity contribution in [2.24, 2.45) is 0 Å². The number of hydrogen-bond acceptors (Lipinski definition) is 3. The van der Waals surface area contributed by atoms with Crippen molar-refractivity contribution in [1.82, 2.24) is 9.80 Å². The van der Waals surface area contributed by atoms with Gasteiger partial charge in [-0.15, -0.1) is 0 Å². The van der Waals surface area contributed by atoms with Crippen LogP contribution >= 0.6 is 0 Å². The standard InChI is InChI=1S/C20H28N2O3/c1-14-6-7-18(13-15(14)2)25-17-8-11-21(12-9-17)20(24)19-5-4-10-22(19)16(3)23/h6-7,13,17,19H,4-5,8-12H2,1-3H3/t19-/m1/s1. The molecule has 0 bridgehead atoms. The van der Waals surface area contributed by atoms with Gasteiger partial charge >= 0.3 is 0 Å². The molecule has 2 saturated heterocycles. The van der Waals surface area contributed by atoms with Gasteiger partial charge in [-0.05, 0) is 49.9 Å². The van der Waals surface area contributed by atoms with Crippen LogP contribution in [0.2, 0.25) is 0 Å². The first-order chi connectivity index (χ1) is 12.0. The van der Waals surface area contributed by atoms with Gasteiger partial charge in [0.2, 0.25) is 11.8 Å². The summed E-state index contributed by atoms with van der Waals surface area (Å²) in [7, 11) is 0. The van der Waals surface area contributed by atoms with E-state index in [2.05, 4.69) is 26.0 Å². The molecular formula is C20H28N2O3. The summed E-state index contributed by atoms with van der Waals surface area (Å²) in [4.78, 5) is 28.1. The summed E-state index contributed by atoms with van der Waals surface area (Å²) < 4.78 is 6.10. The van der Waals surface area contributed by atoms with Gasteiger partial charge in [0.1, 0.15) is 17.9 Å². The van der Waals surface area contributed by atoms with Crippen LogP contribution in [0.15, 0.2) is 18.2 Å². The fraction of sp³-hybridized carbons (Fsp3) is 0.600. The second-order valence-corrected chi connectivity index (χ2v) is 7.26. The number of aryl methyl sites for hydroxylation is 2. The van der Waals surface area contributed by atoms with E-state index in [0.29, 0.717) is 19.6 Å². The molecule has 0 aliphatic carbocycles. The average Bonchev–Trinajstić information content (AvgIpc) is 3.08. The van der Waals surface area contributed by atoms with Crippen LogP contribution in [-0.4, -0.2) is 53.4 Å². The molecule has 3 rings (SSSR count). The molecule has 2 aliphatic rings. The van der Waals surface area contributed by atoms with Gasteiger partial charge < -0.3 is 14.5 Å². The van der Waals surface area contributed by atoms with E-state index in [-0.39, 0.29) is 24.0 Å². The molecule has 1 aromatic carbocycles. The van der Waals surface area contributed by atoms with Crippen molar-refractivity contribution >= 4 is 11.8 Å². The molecule has 1 atom stereocenters. The fourth-order valence-corrected chi connectivity index (χ4v) is 3.78. The highest BCUT2D eigenvalue weighted by Gasteiger charge is 2.36. The second kappa shape index (κ2) is 7.46.